The summed E-state index contributed by atoms with van der Waals surface area (Å²) in [6.45, 7) is 3.80. The van der Waals surface area contributed by atoms with Crippen LogP contribution in [-0.4, -0.2) is 15.9 Å². The molecule has 0 aliphatic heterocycles. The quantitative estimate of drug-likeness (QED) is 0.667. The molecule has 3 aromatic rings. The molecule has 2 N–H and O–H groups in total. The Morgan fingerprint density at radius 2 is 1.81 bits per heavy atom. The fourth-order valence-electron chi connectivity index (χ4n) is 2.57. The summed E-state index contributed by atoms with van der Waals surface area (Å²) in [4.78, 5) is 21.2. The molecule has 6 heteroatoms. The number of anilines is 3. The van der Waals surface area contributed by atoms with Gasteiger partial charge in [0.15, 0.2) is 0 Å². The number of halogens is 1. The van der Waals surface area contributed by atoms with Crippen molar-refractivity contribution >= 4 is 34.7 Å². The Kier molecular flexibility index (Phi) is 5.49. The number of nitrogens with one attached hydrogen (secondary N) is 2. The molecule has 26 heavy (non-hydrogen) atoms. The maximum Gasteiger partial charge on any atom is 0.274 e. The fourth-order valence-corrected chi connectivity index (χ4v) is 2.69. The van der Waals surface area contributed by atoms with Gasteiger partial charge in [-0.1, -0.05) is 36.7 Å². The normalized spacial score (nSPS) is 10.4. The Hall–Kier alpha value is -2.92. The number of hydrogen-bond acceptors (Lipinski definition) is 4. The van der Waals surface area contributed by atoms with Gasteiger partial charge in [0.05, 0.1) is 0 Å². The number of para-hydroxylation sites is 1. The predicted octanol–water partition coefficient (Wildman–Crippen LogP) is 5.00. The Morgan fingerprint density at radius 3 is 2.54 bits per heavy atom. The molecule has 5 nitrogen and oxygen atoms in total. The van der Waals surface area contributed by atoms with Crippen molar-refractivity contribution in [2.45, 2.75) is 20.3 Å². The van der Waals surface area contributed by atoms with Gasteiger partial charge in [-0.15, -0.1) is 0 Å². The Labute approximate surface area is 157 Å². The molecule has 0 radical (unpaired) electrons. The Balaban J connectivity index is 1.82. The van der Waals surface area contributed by atoms with E-state index in [4.69, 9.17) is 11.6 Å². The van der Waals surface area contributed by atoms with Gasteiger partial charge in [0.2, 0.25) is 0 Å². The molecule has 0 atom stereocenters. The number of hydrogen-bond donors (Lipinski definition) is 2. The zero-order chi connectivity index (χ0) is 18.5. The minimum atomic E-state index is -0.268. The zero-order valence-corrected chi connectivity index (χ0v) is 15.3. The van der Waals surface area contributed by atoms with E-state index in [1.165, 1.54) is 0 Å². The van der Waals surface area contributed by atoms with Crippen LogP contribution in [0, 0.1) is 6.92 Å². The Morgan fingerprint density at radius 1 is 1.08 bits per heavy atom. The molecule has 1 aromatic heterocycles. The average Bonchev–Trinajstić information content (AvgIpc) is 2.63. The van der Waals surface area contributed by atoms with Crippen molar-refractivity contribution in [3.8, 4) is 0 Å². The third kappa shape index (κ3) is 4.37. The number of rotatable bonds is 5. The first-order valence-corrected chi connectivity index (χ1v) is 8.70. The number of amides is 1. The molecule has 0 bridgehead atoms. The molecule has 1 amide bonds. The highest BCUT2D eigenvalue weighted by Gasteiger charge is 2.12. The highest BCUT2D eigenvalue weighted by atomic mass is 35.5. The smallest absolute Gasteiger partial charge is 0.274 e. The van der Waals surface area contributed by atoms with Crippen LogP contribution in [0.25, 0.3) is 0 Å². The van der Waals surface area contributed by atoms with E-state index in [1.54, 1.807) is 25.1 Å². The molecule has 0 aliphatic carbocycles. The van der Waals surface area contributed by atoms with Crippen molar-refractivity contribution in [2.75, 3.05) is 10.6 Å². The topological polar surface area (TPSA) is 66.9 Å². The lowest BCUT2D eigenvalue weighted by Crippen LogP contribution is -2.16. The zero-order valence-electron chi connectivity index (χ0n) is 14.6. The van der Waals surface area contributed by atoms with Crippen LogP contribution in [0.4, 0.5) is 17.2 Å². The number of aromatic nitrogens is 2. The van der Waals surface area contributed by atoms with Gasteiger partial charge in [0, 0.05) is 22.5 Å². The molecule has 1 heterocycles. The molecular formula is C20H19ClN4O. The van der Waals surface area contributed by atoms with Gasteiger partial charge < -0.3 is 10.6 Å². The predicted molar refractivity (Wildman–Crippen MR) is 105 cm³/mol. The molecular weight excluding hydrogens is 348 g/mol. The van der Waals surface area contributed by atoms with E-state index in [-0.39, 0.29) is 5.91 Å². The maximum atomic E-state index is 12.6. The second-order valence-corrected chi connectivity index (χ2v) is 6.22. The number of carbonyl (C=O) groups excluding carboxylic acids is 1. The van der Waals surface area contributed by atoms with Crippen LogP contribution in [0.15, 0.2) is 54.6 Å². The van der Waals surface area contributed by atoms with Crippen LogP contribution < -0.4 is 10.6 Å². The van der Waals surface area contributed by atoms with Crippen molar-refractivity contribution < 1.29 is 4.79 Å². The molecule has 0 unspecified atom stereocenters. The van der Waals surface area contributed by atoms with Gasteiger partial charge >= 0.3 is 0 Å². The standard InChI is InChI=1S/C20H19ClN4O/c1-3-14-6-4-5-7-17(14)25-20(26)18-12-19(23-13(2)22-18)24-16-10-8-15(21)9-11-16/h4-12H,3H2,1-2H3,(H,25,26)(H,22,23,24). The van der Waals surface area contributed by atoms with Gasteiger partial charge in [-0.3, -0.25) is 4.79 Å². The van der Waals surface area contributed by atoms with Crippen molar-refractivity contribution in [1.82, 2.24) is 9.97 Å². The summed E-state index contributed by atoms with van der Waals surface area (Å²) in [5.41, 5.74) is 3.00. The van der Waals surface area contributed by atoms with E-state index in [0.29, 0.717) is 22.4 Å². The highest BCUT2D eigenvalue weighted by Crippen LogP contribution is 2.20. The summed E-state index contributed by atoms with van der Waals surface area (Å²) in [7, 11) is 0. The minimum absolute atomic E-state index is 0.268. The summed E-state index contributed by atoms with van der Waals surface area (Å²) < 4.78 is 0. The second kappa shape index (κ2) is 7.97. The molecule has 3 rings (SSSR count). The largest absolute Gasteiger partial charge is 0.340 e. The number of aryl methyl sites for hydroxylation is 2. The lowest BCUT2D eigenvalue weighted by molar-refractivity contribution is 0.102. The molecule has 0 fully saturated rings. The van der Waals surface area contributed by atoms with Gasteiger partial charge in [0.1, 0.15) is 17.3 Å². The van der Waals surface area contributed by atoms with E-state index in [2.05, 4.69) is 20.6 Å². The van der Waals surface area contributed by atoms with E-state index < -0.39 is 0 Å². The van der Waals surface area contributed by atoms with Crippen LogP contribution in [-0.2, 0) is 6.42 Å². The van der Waals surface area contributed by atoms with Gasteiger partial charge in [-0.25, -0.2) is 9.97 Å². The van der Waals surface area contributed by atoms with E-state index in [0.717, 1.165) is 23.4 Å². The summed E-state index contributed by atoms with van der Waals surface area (Å²) >= 11 is 5.90. The van der Waals surface area contributed by atoms with E-state index in [1.807, 2.05) is 43.3 Å². The SMILES string of the molecule is CCc1ccccc1NC(=O)c1cc(Nc2ccc(Cl)cc2)nc(C)n1. The first-order chi connectivity index (χ1) is 12.5. The summed E-state index contributed by atoms with van der Waals surface area (Å²) in [6.07, 6.45) is 0.836. The van der Waals surface area contributed by atoms with Gasteiger partial charge in [-0.2, -0.15) is 0 Å². The molecule has 0 aliphatic rings. The van der Waals surface area contributed by atoms with Crippen LogP contribution >= 0.6 is 11.6 Å². The third-order valence-electron chi connectivity index (χ3n) is 3.83. The summed E-state index contributed by atoms with van der Waals surface area (Å²) in [5, 5.41) is 6.75. The average molecular weight is 367 g/mol. The lowest BCUT2D eigenvalue weighted by Gasteiger charge is -2.11. The highest BCUT2D eigenvalue weighted by molar-refractivity contribution is 6.30. The van der Waals surface area contributed by atoms with Gasteiger partial charge in [-0.05, 0) is 49.2 Å². The number of benzene rings is 2. The summed E-state index contributed by atoms with van der Waals surface area (Å²) in [5.74, 6) is 0.794. The van der Waals surface area contributed by atoms with Crippen molar-refractivity contribution in [2.24, 2.45) is 0 Å². The maximum absolute atomic E-state index is 12.6. The molecule has 2 aromatic carbocycles. The van der Waals surface area contributed by atoms with Gasteiger partial charge in [0.25, 0.3) is 5.91 Å². The van der Waals surface area contributed by atoms with Crippen molar-refractivity contribution in [3.63, 3.8) is 0 Å². The van der Waals surface area contributed by atoms with Crippen LogP contribution in [0.5, 0.6) is 0 Å². The second-order valence-electron chi connectivity index (χ2n) is 5.78. The first-order valence-electron chi connectivity index (χ1n) is 8.32. The van der Waals surface area contributed by atoms with Crippen molar-refractivity contribution in [3.05, 3.63) is 76.7 Å². The van der Waals surface area contributed by atoms with E-state index >= 15 is 0 Å². The third-order valence-corrected chi connectivity index (χ3v) is 4.09. The molecule has 0 spiro atoms. The van der Waals surface area contributed by atoms with Crippen molar-refractivity contribution in [1.29, 1.82) is 0 Å². The van der Waals surface area contributed by atoms with E-state index in [9.17, 15) is 4.79 Å². The molecule has 0 saturated carbocycles. The fraction of sp³-hybridized carbons (Fsp3) is 0.150. The number of nitrogens with zero attached hydrogens (tertiary/aromatic N) is 2. The monoisotopic (exact) mass is 366 g/mol. The van der Waals surface area contributed by atoms with Crippen LogP contribution in [0.2, 0.25) is 5.02 Å². The number of carbonyl (C=O) groups is 1. The summed E-state index contributed by atoms with van der Waals surface area (Å²) in [6, 6.07) is 16.6. The minimum Gasteiger partial charge on any atom is -0.340 e. The van der Waals surface area contributed by atoms with Crippen LogP contribution in [0.1, 0.15) is 28.8 Å². The molecule has 0 saturated heterocycles. The first kappa shape index (κ1) is 17.9. The van der Waals surface area contributed by atoms with Crippen LogP contribution in [0.3, 0.4) is 0 Å². The molecule has 132 valence electrons. The Bertz CT molecular complexity index is 925. The lowest BCUT2D eigenvalue weighted by atomic mass is 10.1.